The molecule has 24 heavy (non-hydrogen) atoms. The Morgan fingerprint density at radius 1 is 1.25 bits per heavy atom. The number of carbonyl (C=O) groups is 1. The third kappa shape index (κ3) is 3.08. The first-order valence-corrected chi connectivity index (χ1v) is 8.03. The number of amides is 1. The van der Waals surface area contributed by atoms with E-state index >= 15 is 0 Å². The Balaban J connectivity index is 1.76. The fourth-order valence-electron chi connectivity index (χ4n) is 2.83. The van der Waals surface area contributed by atoms with Crippen LogP contribution in [-0.4, -0.2) is 57.3 Å². The van der Waals surface area contributed by atoms with Crippen molar-refractivity contribution in [1.29, 1.82) is 0 Å². The first-order valence-electron chi connectivity index (χ1n) is 8.03. The summed E-state index contributed by atoms with van der Waals surface area (Å²) < 4.78 is 6.98. The second-order valence-electron chi connectivity index (χ2n) is 6.97. The number of imidazole rings is 1. The zero-order chi connectivity index (χ0) is 17.5. The Hall–Kier alpha value is -2.51. The second-order valence-corrected chi connectivity index (χ2v) is 6.97. The van der Waals surface area contributed by atoms with E-state index in [1.165, 1.54) is 0 Å². The lowest BCUT2D eigenvalue weighted by Crippen LogP contribution is -2.50. The van der Waals surface area contributed by atoms with Gasteiger partial charge in [0, 0.05) is 39.4 Å². The standard InChI is InChI=1S/C16H23N5O3/c1-16(2,3)24-15(23)21-9-7-20(8-10-21)13-12-11(5-6-17-13)18-14(22)19(12)4/h5-6H,7-10H2,1-4H3,(H,18,22). The van der Waals surface area contributed by atoms with Crippen LogP contribution in [0, 0.1) is 0 Å². The molecule has 1 saturated heterocycles. The molecular weight excluding hydrogens is 310 g/mol. The number of nitrogens with one attached hydrogen (secondary N) is 1. The maximum Gasteiger partial charge on any atom is 0.410 e. The van der Waals surface area contributed by atoms with Gasteiger partial charge in [-0.05, 0) is 26.8 Å². The van der Waals surface area contributed by atoms with Gasteiger partial charge in [-0.15, -0.1) is 0 Å². The van der Waals surface area contributed by atoms with Crippen molar-refractivity contribution in [3.05, 3.63) is 22.7 Å². The fraction of sp³-hybridized carbons (Fsp3) is 0.562. The molecule has 0 bridgehead atoms. The van der Waals surface area contributed by atoms with E-state index in [0.29, 0.717) is 26.2 Å². The number of ether oxygens (including phenoxy) is 1. The molecule has 1 fully saturated rings. The molecule has 130 valence electrons. The van der Waals surface area contributed by atoms with Gasteiger partial charge < -0.3 is 19.5 Å². The number of piperazine rings is 1. The summed E-state index contributed by atoms with van der Waals surface area (Å²) in [5, 5.41) is 0. The lowest BCUT2D eigenvalue weighted by atomic mass is 10.2. The number of aryl methyl sites for hydroxylation is 1. The number of aromatic nitrogens is 3. The molecule has 0 saturated carbocycles. The molecule has 0 aliphatic carbocycles. The van der Waals surface area contributed by atoms with Crippen LogP contribution in [-0.2, 0) is 11.8 Å². The van der Waals surface area contributed by atoms with E-state index in [2.05, 4.69) is 14.9 Å². The van der Waals surface area contributed by atoms with Crippen LogP contribution in [0.15, 0.2) is 17.1 Å². The van der Waals surface area contributed by atoms with Gasteiger partial charge in [0.1, 0.15) is 11.1 Å². The van der Waals surface area contributed by atoms with Crippen molar-refractivity contribution in [2.24, 2.45) is 7.05 Å². The van der Waals surface area contributed by atoms with Crippen LogP contribution in [0.4, 0.5) is 10.6 Å². The maximum atomic E-state index is 12.1. The number of rotatable bonds is 1. The number of pyridine rings is 1. The number of hydrogen-bond acceptors (Lipinski definition) is 5. The van der Waals surface area contributed by atoms with E-state index in [-0.39, 0.29) is 11.8 Å². The predicted molar refractivity (Wildman–Crippen MR) is 91.4 cm³/mol. The normalized spacial score (nSPS) is 15.8. The quantitative estimate of drug-likeness (QED) is 0.851. The molecule has 8 nitrogen and oxygen atoms in total. The highest BCUT2D eigenvalue weighted by Crippen LogP contribution is 2.23. The average Bonchev–Trinajstić information content (AvgIpc) is 2.81. The van der Waals surface area contributed by atoms with Crippen molar-refractivity contribution >= 4 is 22.9 Å². The van der Waals surface area contributed by atoms with Crippen molar-refractivity contribution in [2.75, 3.05) is 31.1 Å². The highest BCUT2D eigenvalue weighted by molar-refractivity contribution is 5.86. The summed E-state index contributed by atoms with van der Waals surface area (Å²) in [5.74, 6) is 0.761. The molecule has 0 aromatic carbocycles. The van der Waals surface area contributed by atoms with Crippen molar-refractivity contribution in [1.82, 2.24) is 19.4 Å². The molecule has 1 N–H and O–H groups in total. The largest absolute Gasteiger partial charge is 0.444 e. The monoisotopic (exact) mass is 333 g/mol. The molecule has 0 radical (unpaired) electrons. The van der Waals surface area contributed by atoms with E-state index in [9.17, 15) is 9.59 Å². The van der Waals surface area contributed by atoms with Crippen LogP contribution in [0.5, 0.6) is 0 Å². The molecule has 2 aromatic rings. The number of hydrogen-bond donors (Lipinski definition) is 1. The van der Waals surface area contributed by atoms with Gasteiger partial charge in [-0.1, -0.05) is 0 Å². The predicted octanol–water partition coefficient (Wildman–Crippen LogP) is 1.32. The summed E-state index contributed by atoms with van der Waals surface area (Å²) in [6, 6.07) is 1.79. The van der Waals surface area contributed by atoms with Crippen molar-refractivity contribution in [3.8, 4) is 0 Å². The number of fused-ring (bicyclic) bond motifs is 1. The maximum absolute atomic E-state index is 12.1. The highest BCUT2D eigenvalue weighted by Gasteiger charge is 2.27. The van der Waals surface area contributed by atoms with Crippen molar-refractivity contribution in [2.45, 2.75) is 26.4 Å². The van der Waals surface area contributed by atoms with Gasteiger partial charge in [-0.3, -0.25) is 4.57 Å². The highest BCUT2D eigenvalue weighted by atomic mass is 16.6. The Morgan fingerprint density at radius 3 is 2.54 bits per heavy atom. The summed E-state index contributed by atoms with van der Waals surface area (Å²) >= 11 is 0. The second kappa shape index (κ2) is 5.85. The van der Waals surface area contributed by atoms with Crippen molar-refractivity contribution in [3.63, 3.8) is 0 Å². The Kier molecular flexibility index (Phi) is 3.98. The molecule has 8 heteroatoms. The minimum absolute atomic E-state index is 0.161. The van der Waals surface area contributed by atoms with Crippen molar-refractivity contribution < 1.29 is 9.53 Å². The fourth-order valence-corrected chi connectivity index (χ4v) is 2.83. The van der Waals surface area contributed by atoms with E-state index in [4.69, 9.17) is 4.74 Å². The van der Waals surface area contributed by atoms with Crippen LogP contribution in [0.2, 0.25) is 0 Å². The van der Waals surface area contributed by atoms with E-state index in [1.54, 1.807) is 28.8 Å². The zero-order valence-electron chi connectivity index (χ0n) is 14.5. The van der Waals surface area contributed by atoms with Gasteiger partial charge in [-0.25, -0.2) is 14.6 Å². The van der Waals surface area contributed by atoms with E-state index in [0.717, 1.165) is 16.9 Å². The molecule has 3 rings (SSSR count). The van der Waals surface area contributed by atoms with Gasteiger partial charge in [0.25, 0.3) is 0 Å². The van der Waals surface area contributed by atoms with Crippen LogP contribution in [0.3, 0.4) is 0 Å². The first-order chi connectivity index (χ1) is 11.3. The number of carbonyl (C=O) groups excluding carboxylic acids is 1. The molecule has 3 heterocycles. The Morgan fingerprint density at radius 2 is 1.92 bits per heavy atom. The number of nitrogens with zero attached hydrogens (tertiary/aromatic N) is 4. The van der Waals surface area contributed by atoms with E-state index < -0.39 is 5.60 Å². The zero-order valence-corrected chi connectivity index (χ0v) is 14.5. The SMILES string of the molecule is Cn1c(=O)[nH]c2ccnc(N3CCN(C(=O)OC(C)(C)C)CC3)c21. The van der Waals surface area contributed by atoms with Gasteiger partial charge in [-0.2, -0.15) is 0 Å². The third-order valence-electron chi connectivity index (χ3n) is 4.02. The molecular formula is C16H23N5O3. The summed E-state index contributed by atoms with van der Waals surface area (Å²) in [4.78, 5) is 35.0. The van der Waals surface area contributed by atoms with Gasteiger partial charge in [0.05, 0.1) is 5.52 Å². The lowest BCUT2D eigenvalue weighted by molar-refractivity contribution is 0.0240. The smallest absolute Gasteiger partial charge is 0.410 e. The lowest BCUT2D eigenvalue weighted by Gasteiger charge is -2.36. The Labute approximate surface area is 140 Å². The summed E-state index contributed by atoms with van der Waals surface area (Å²) in [7, 11) is 1.73. The Bertz CT molecular complexity index is 809. The minimum atomic E-state index is -0.495. The third-order valence-corrected chi connectivity index (χ3v) is 4.02. The summed E-state index contributed by atoms with van der Waals surface area (Å²) in [6.07, 6.45) is 1.40. The molecule has 2 aromatic heterocycles. The molecule has 1 aliphatic rings. The molecule has 1 amide bonds. The van der Waals surface area contributed by atoms with Crippen LogP contribution < -0.4 is 10.6 Å². The number of anilines is 1. The molecule has 1 aliphatic heterocycles. The number of H-pyrrole nitrogens is 1. The average molecular weight is 333 g/mol. The van der Waals surface area contributed by atoms with Crippen LogP contribution in [0.25, 0.3) is 11.0 Å². The minimum Gasteiger partial charge on any atom is -0.444 e. The van der Waals surface area contributed by atoms with Crippen LogP contribution >= 0.6 is 0 Å². The molecule has 0 spiro atoms. The van der Waals surface area contributed by atoms with Crippen LogP contribution in [0.1, 0.15) is 20.8 Å². The van der Waals surface area contributed by atoms with Gasteiger partial charge in [0.2, 0.25) is 0 Å². The topological polar surface area (TPSA) is 83.5 Å². The van der Waals surface area contributed by atoms with Gasteiger partial charge in [0.15, 0.2) is 5.82 Å². The number of aromatic amines is 1. The molecule has 0 unspecified atom stereocenters. The van der Waals surface area contributed by atoms with E-state index in [1.807, 2.05) is 20.8 Å². The summed E-state index contributed by atoms with van der Waals surface area (Å²) in [5.41, 5.74) is 0.895. The van der Waals surface area contributed by atoms with Gasteiger partial charge >= 0.3 is 11.8 Å². The summed E-state index contributed by atoms with van der Waals surface area (Å²) in [6.45, 7) is 7.99. The molecule has 0 atom stereocenters. The first kappa shape index (κ1) is 16.4.